The second-order valence-corrected chi connectivity index (χ2v) is 2.28. The molecule has 0 radical (unpaired) electrons. The predicted octanol–water partition coefficient (Wildman–Crippen LogP) is 1.94. The fraction of sp³-hybridized carbons (Fsp3) is 0. The number of halogens is 1. The molecule has 0 saturated heterocycles. The van der Waals surface area contributed by atoms with Crippen LogP contribution in [0.5, 0.6) is 0 Å². The Balaban J connectivity index is 0.000000226. The number of ketones is 1. The van der Waals surface area contributed by atoms with Crippen molar-refractivity contribution in [3.05, 3.63) is 35.4 Å². The maximum absolute atomic E-state index is 9.46. The second kappa shape index (κ2) is 6.84. The zero-order valence-electron chi connectivity index (χ0n) is 6.57. The number of carbonyl (C=O) groups excluding carboxylic acids is 1. The number of hydrogen-bond acceptors (Lipinski definition) is 3. The molecule has 0 saturated carbocycles. The van der Waals surface area contributed by atoms with E-state index >= 15 is 0 Å². The Morgan fingerprint density at radius 1 is 1.15 bits per heavy atom. The minimum absolute atomic E-state index is 0.794. The average molecular weight is 193 g/mol. The Morgan fingerprint density at radius 3 is 1.77 bits per heavy atom. The lowest BCUT2D eigenvalue weighted by Gasteiger charge is -1.80. The maximum atomic E-state index is 9.46. The van der Waals surface area contributed by atoms with Gasteiger partial charge in [-0.2, -0.15) is 10.5 Å². The quantitative estimate of drug-likeness (QED) is 0.590. The van der Waals surface area contributed by atoms with Crippen molar-refractivity contribution in [1.29, 1.82) is 10.5 Å². The Labute approximate surface area is 80.8 Å². The fourth-order valence-electron chi connectivity index (χ4n) is 0.440. The number of carbonyl (C=O) groups is 1. The van der Waals surface area contributed by atoms with Crippen LogP contribution in [0, 0.1) is 22.7 Å². The summed E-state index contributed by atoms with van der Waals surface area (Å²) in [6.07, 6.45) is 0. The molecule has 0 amide bonds. The smallest absolute Gasteiger partial charge is 0.265 e. The Bertz CT molecular complexity index is 332. The summed E-state index contributed by atoms with van der Waals surface area (Å²) in [7, 11) is 0. The lowest BCUT2D eigenvalue weighted by atomic mass is 10.4. The van der Waals surface area contributed by atoms with Gasteiger partial charge >= 0.3 is 5.78 Å². The normalized spacial score (nSPS) is 7.00. The number of nitrogens with zero attached hydrogens (tertiary/aromatic N) is 2. The van der Waals surface area contributed by atoms with E-state index in [-0.39, 0.29) is 0 Å². The molecule has 0 aliphatic heterocycles. The molecule has 0 atom stereocenters. The molecule has 1 aromatic carbocycles. The van der Waals surface area contributed by atoms with Gasteiger partial charge in [-0.25, -0.2) is 0 Å². The lowest BCUT2D eigenvalue weighted by molar-refractivity contribution is -0.109. The molecule has 0 aliphatic rings. The molecular weight excluding hydrogens is 188 g/mol. The van der Waals surface area contributed by atoms with Crippen LogP contribution in [-0.4, -0.2) is 5.78 Å². The molecule has 13 heavy (non-hydrogen) atoms. The van der Waals surface area contributed by atoms with E-state index in [0.29, 0.717) is 0 Å². The van der Waals surface area contributed by atoms with E-state index in [4.69, 9.17) is 22.1 Å². The third kappa shape index (κ3) is 6.55. The number of benzene rings is 1. The maximum Gasteiger partial charge on any atom is 0.331 e. The Kier molecular flexibility index (Phi) is 5.88. The molecule has 1 rings (SSSR count). The van der Waals surface area contributed by atoms with Gasteiger partial charge in [-0.3, -0.25) is 4.79 Å². The van der Waals surface area contributed by atoms with Gasteiger partial charge in [0.05, 0.1) is 0 Å². The van der Waals surface area contributed by atoms with Gasteiger partial charge in [0, 0.05) is 5.02 Å². The third-order valence-corrected chi connectivity index (χ3v) is 1.19. The molecule has 4 heteroatoms. The van der Waals surface area contributed by atoms with Gasteiger partial charge < -0.3 is 0 Å². The molecule has 0 bridgehead atoms. The lowest BCUT2D eigenvalue weighted by Crippen LogP contribution is -1.81. The van der Waals surface area contributed by atoms with E-state index in [0.717, 1.165) is 17.2 Å². The number of nitriles is 2. The summed E-state index contributed by atoms with van der Waals surface area (Å²) in [6.45, 7) is 0. The average Bonchev–Trinajstić information content (AvgIpc) is 2.19. The molecule has 1 aromatic rings. The van der Waals surface area contributed by atoms with Crippen molar-refractivity contribution in [2.24, 2.45) is 0 Å². The van der Waals surface area contributed by atoms with Crippen LogP contribution in [-0.2, 0) is 4.79 Å². The van der Waals surface area contributed by atoms with E-state index in [1.165, 1.54) is 0 Å². The summed E-state index contributed by atoms with van der Waals surface area (Å²) in [5.41, 5.74) is 0. The minimum Gasteiger partial charge on any atom is -0.265 e. The van der Waals surface area contributed by atoms with Crippen LogP contribution in [0.15, 0.2) is 30.3 Å². The molecule has 0 N–H and O–H groups in total. The molecule has 0 fully saturated rings. The largest absolute Gasteiger partial charge is 0.331 e. The van der Waals surface area contributed by atoms with Gasteiger partial charge in [-0.05, 0) is 12.1 Å². The highest BCUT2D eigenvalue weighted by Crippen LogP contribution is 2.03. The van der Waals surface area contributed by atoms with Crippen molar-refractivity contribution >= 4 is 17.4 Å². The highest BCUT2D eigenvalue weighted by Gasteiger charge is 1.86. The first-order valence-corrected chi connectivity index (χ1v) is 3.63. The molecule has 0 heterocycles. The molecule has 0 unspecified atom stereocenters. The molecule has 0 aliphatic carbocycles. The topological polar surface area (TPSA) is 64.7 Å². The monoisotopic (exact) mass is 192 g/mol. The molecular formula is C9H5ClN2O. The zero-order chi connectivity index (χ0) is 10.1. The van der Waals surface area contributed by atoms with Gasteiger partial charge in [0.1, 0.15) is 0 Å². The summed E-state index contributed by atoms with van der Waals surface area (Å²) in [6, 6.07) is 11.7. The van der Waals surface area contributed by atoms with E-state index in [1.54, 1.807) is 0 Å². The second-order valence-electron chi connectivity index (χ2n) is 1.85. The van der Waals surface area contributed by atoms with E-state index < -0.39 is 5.78 Å². The Hall–Kier alpha value is -1.84. The van der Waals surface area contributed by atoms with Crippen molar-refractivity contribution in [2.45, 2.75) is 0 Å². The molecule has 0 spiro atoms. The van der Waals surface area contributed by atoms with Crippen molar-refractivity contribution in [1.82, 2.24) is 0 Å². The van der Waals surface area contributed by atoms with Crippen LogP contribution in [0.25, 0.3) is 0 Å². The van der Waals surface area contributed by atoms with E-state index in [1.807, 2.05) is 30.3 Å². The van der Waals surface area contributed by atoms with Gasteiger partial charge in [0.25, 0.3) is 0 Å². The van der Waals surface area contributed by atoms with Crippen LogP contribution in [0.1, 0.15) is 0 Å². The van der Waals surface area contributed by atoms with E-state index in [2.05, 4.69) is 0 Å². The molecule has 64 valence electrons. The number of hydrogen-bond donors (Lipinski definition) is 0. The van der Waals surface area contributed by atoms with Crippen LogP contribution < -0.4 is 0 Å². The van der Waals surface area contributed by atoms with Crippen LogP contribution >= 0.6 is 11.6 Å². The van der Waals surface area contributed by atoms with Crippen molar-refractivity contribution in [3.8, 4) is 12.1 Å². The summed E-state index contributed by atoms with van der Waals surface area (Å²) in [5.74, 6) is -1.05. The predicted molar refractivity (Wildman–Crippen MR) is 47.7 cm³/mol. The summed E-state index contributed by atoms with van der Waals surface area (Å²) >= 11 is 5.54. The minimum atomic E-state index is -1.05. The first-order valence-electron chi connectivity index (χ1n) is 3.25. The summed E-state index contributed by atoms with van der Waals surface area (Å²) in [5, 5.41) is 15.8. The van der Waals surface area contributed by atoms with E-state index in [9.17, 15) is 4.79 Å². The van der Waals surface area contributed by atoms with Crippen molar-refractivity contribution in [3.63, 3.8) is 0 Å². The van der Waals surface area contributed by atoms with Gasteiger partial charge in [-0.15, -0.1) is 0 Å². The van der Waals surface area contributed by atoms with Gasteiger partial charge in [0.2, 0.25) is 0 Å². The van der Waals surface area contributed by atoms with Crippen LogP contribution in [0.4, 0.5) is 0 Å². The number of Topliss-reactive ketones (excluding diaryl/α,β-unsaturated/α-hetero) is 1. The standard InChI is InChI=1S/C6H5Cl.C3N2O/c7-6-4-2-1-3-5-6;4-1-3(6)2-5/h1-5H;. The Morgan fingerprint density at radius 2 is 1.62 bits per heavy atom. The van der Waals surface area contributed by atoms with Gasteiger partial charge in [0.15, 0.2) is 12.1 Å². The molecule has 0 aromatic heterocycles. The first-order chi connectivity index (χ1) is 6.20. The third-order valence-electron chi connectivity index (χ3n) is 0.936. The fourth-order valence-corrected chi connectivity index (χ4v) is 0.585. The summed E-state index contributed by atoms with van der Waals surface area (Å²) < 4.78 is 0. The van der Waals surface area contributed by atoms with Crippen LogP contribution in [0.3, 0.4) is 0 Å². The summed E-state index contributed by atoms with van der Waals surface area (Å²) in [4.78, 5) is 9.46. The SMILES string of the molecule is Clc1ccccc1.N#CC(=O)C#N. The van der Waals surface area contributed by atoms with Crippen molar-refractivity contribution < 1.29 is 4.79 Å². The molecule has 3 nitrogen and oxygen atoms in total. The van der Waals surface area contributed by atoms with Crippen LogP contribution in [0.2, 0.25) is 5.02 Å². The number of rotatable bonds is 0. The highest BCUT2D eigenvalue weighted by molar-refractivity contribution is 6.30. The van der Waals surface area contributed by atoms with Crippen molar-refractivity contribution in [2.75, 3.05) is 0 Å². The zero-order valence-corrected chi connectivity index (χ0v) is 7.32. The van der Waals surface area contributed by atoms with Gasteiger partial charge in [-0.1, -0.05) is 29.8 Å². The highest BCUT2D eigenvalue weighted by atomic mass is 35.5. The first kappa shape index (κ1) is 11.2.